The number of hydrogen-bond acceptors (Lipinski definition) is 2. The number of likely N-dealkylation sites (N-methyl/N-ethyl adjacent to an activating group) is 1. The first-order chi connectivity index (χ1) is 8.56. The van der Waals surface area contributed by atoms with Crippen LogP contribution >= 0.6 is 23.2 Å². The molecule has 2 amide bonds. The van der Waals surface area contributed by atoms with E-state index in [0.29, 0.717) is 15.7 Å². The van der Waals surface area contributed by atoms with Gasteiger partial charge in [-0.1, -0.05) is 23.2 Å². The van der Waals surface area contributed by atoms with Crippen molar-refractivity contribution in [1.82, 2.24) is 9.80 Å². The number of urea groups is 1. The van der Waals surface area contributed by atoms with Crippen LogP contribution in [-0.2, 0) is 0 Å². The van der Waals surface area contributed by atoms with Crippen LogP contribution in [0.3, 0.4) is 0 Å². The third-order valence-electron chi connectivity index (χ3n) is 2.96. The molecule has 1 heterocycles. The van der Waals surface area contributed by atoms with Gasteiger partial charge in [-0.3, -0.25) is 0 Å². The van der Waals surface area contributed by atoms with Crippen molar-refractivity contribution >= 4 is 34.9 Å². The van der Waals surface area contributed by atoms with Crippen LogP contribution in [0.2, 0.25) is 10.0 Å². The lowest BCUT2D eigenvalue weighted by Crippen LogP contribution is -2.48. The van der Waals surface area contributed by atoms with Crippen molar-refractivity contribution in [2.45, 2.75) is 0 Å². The standard InChI is InChI=1S/C12H15Cl2N3O/c1-16-4-6-17(7-5-16)12(18)15-11-3-2-9(13)8-10(11)14/h2-3,8H,4-7H2,1H3,(H,15,18). The maximum atomic E-state index is 12.0. The molecular formula is C12H15Cl2N3O. The van der Waals surface area contributed by atoms with Gasteiger partial charge in [0.25, 0.3) is 0 Å². The maximum Gasteiger partial charge on any atom is 0.321 e. The lowest BCUT2D eigenvalue weighted by Gasteiger charge is -2.32. The van der Waals surface area contributed by atoms with Crippen molar-refractivity contribution in [1.29, 1.82) is 0 Å². The molecule has 0 saturated carbocycles. The van der Waals surface area contributed by atoms with Crippen LogP contribution < -0.4 is 5.32 Å². The van der Waals surface area contributed by atoms with Crippen molar-refractivity contribution in [2.75, 3.05) is 38.5 Å². The van der Waals surface area contributed by atoms with Crippen LogP contribution in [0.1, 0.15) is 0 Å². The fraction of sp³-hybridized carbons (Fsp3) is 0.417. The summed E-state index contributed by atoms with van der Waals surface area (Å²) in [6, 6.07) is 4.90. The van der Waals surface area contributed by atoms with E-state index in [9.17, 15) is 4.79 Å². The molecule has 4 nitrogen and oxygen atoms in total. The minimum atomic E-state index is -0.118. The van der Waals surface area contributed by atoms with Crippen LogP contribution in [0.25, 0.3) is 0 Å². The van der Waals surface area contributed by atoms with E-state index in [4.69, 9.17) is 23.2 Å². The number of rotatable bonds is 1. The van der Waals surface area contributed by atoms with Crippen molar-refractivity contribution in [2.24, 2.45) is 0 Å². The number of nitrogens with one attached hydrogen (secondary N) is 1. The molecule has 1 fully saturated rings. The van der Waals surface area contributed by atoms with Gasteiger partial charge >= 0.3 is 6.03 Å². The molecule has 1 N–H and O–H groups in total. The molecular weight excluding hydrogens is 273 g/mol. The van der Waals surface area contributed by atoms with Crippen molar-refractivity contribution < 1.29 is 4.79 Å². The van der Waals surface area contributed by atoms with Crippen LogP contribution in [-0.4, -0.2) is 49.1 Å². The Labute approximate surface area is 116 Å². The normalized spacial score (nSPS) is 16.7. The van der Waals surface area contributed by atoms with Crippen molar-refractivity contribution in [3.8, 4) is 0 Å². The summed E-state index contributed by atoms with van der Waals surface area (Å²) in [4.78, 5) is 16.0. The van der Waals surface area contributed by atoms with E-state index in [1.54, 1.807) is 23.1 Å². The predicted octanol–water partition coefficient (Wildman–Crippen LogP) is 2.77. The Bertz CT molecular complexity index is 445. The topological polar surface area (TPSA) is 35.6 Å². The summed E-state index contributed by atoms with van der Waals surface area (Å²) in [5, 5.41) is 3.80. The Balaban J connectivity index is 1.98. The number of piperazine rings is 1. The summed E-state index contributed by atoms with van der Waals surface area (Å²) in [6.45, 7) is 3.24. The Hall–Kier alpha value is -0.970. The average molecular weight is 288 g/mol. The van der Waals surface area contributed by atoms with Gasteiger partial charge in [-0.15, -0.1) is 0 Å². The third kappa shape index (κ3) is 3.28. The molecule has 18 heavy (non-hydrogen) atoms. The summed E-state index contributed by atoms with van der Waals surface area (Å²) >= 11 is 11.8. The van der Waals surface area contributed by atoms with Gasteiger partial charge in [0.15, 0.2) is 0 Å². The first-order valence-electron chi connectivity index (χ1n) is 5.76. The number of carbonyl (C=O) groups is 1. The van der Waals surface area contributed by atoms with Gasteiger partial charge < -0.3 is 15.1 Å². The second-order valence-electron chi connectivity index (χ2n) is 4.34. The van der Waals surface area contributed by atoms with Gasteiger partial charge in [0.05, 0.1) is 10.7 Å². The molecule has 0 aliphatic carbocycles. The number of nitrogens with zero attached hydrogens (tertiary/aromatic N) is 2. The molecule has 1 aromatic carbocycles. The van der Waals surface area contributed by atoms with Crippen LogP contribution in [0, 0.1) is 0 Å². The average Bonchev–Trinajstić information content (AvgIpc) is 2.33. The number of benzene rings is 1. The first kappa shape index (κ1) is 13.5. The van der Waals surface area contributed by atoms with Gasteiger partial charge in [-0.2, -0.15) is 0 Å². The van der Waals surface area contributed by atoms with E-state index in [1.165, 1.54) is 0 Å². The zero-order chi connectivity index (χ0) is 13.1. The summed E-state index contributed by atoms with van der Waals surface area (Å²) in [5.41, 5.74) is 0.588. The summed E-state index contributed by atoms with van der Waals surface area (Å²) < 4.78 is 0. The number of amides is 2. The van der Waals surface area contributed by atoms with Crippen LogP contribution in [0.4, 0.5) is 10.5 Å². The quantitative estimate of drug-likeness (QED) is 0.862. The third-order valence-corrected chi connectivity index (χ3v) is 3.51. The Morgan fingerprint density at radius 2 is 1.89 bits per heavy atom. The van der Waals surface area contributed by atoms with Gasteiger partial charge in [0, 0.05) is 31.2 Å². The van der Waals surface area contributed by atoms with E-state index in [0.717, 1.165) is 26.2 Å². The van der Waals surface area contributed by atoms with Crippen LogP contribution in [0.5, 0.6) is 0 Å². The molecule has 1 aliphatic rings. The van der Waals surface area contributed by atoms with Gasteiger partial charge in [0.1, 0.15) is 0 Å². The maximum absolute atomic E-state index is 12.0. The van der Waals surface area contributed by atoms with Crippen molar-refractivity contribution in [3.63, 3.8) is 0 Å². The highest BCUT2D eigenvalue weighted by Gasteiger charge is 2.19. The molecule has 0 bridgehead atoms. The summed E-state index contributed by atoms with van der Waals surface area (Å²) in [7, 11) is 2.05. The molecule has 2 rings (SSSR count). The second kappa shape index (κ2) is 5.78. The smallest absolute Gasteiger partial charge is 0.321 e. The van der Waals surface area contributed by atoms with E-state index in [2.05, 4.69) is 10.2 Å². The molecule has 1 aliphatic heterocycles. The molecule has 0 atom stereocenters. The Morgan fingerprint density at radius 3 is 2.50 bits per heavy atom. The number of carbonyl (C=O) groups excluding carboxylic acids is 1. The number of anilines is 1. The Kier molecular flexibility index (Phi) is 4.32. The summed E-state index contributed by atoms with van der Waals surface area (Å²) in [5.74, 6) is 0. The molecule has 98 valence electrons. The minimum Gasteiger partial charge on any atom is -0.322 e. The van der Waals surface area contributed by atoms with E-state index in [1.807, 2.05) is 7.05 Å². The second-order valence-corrected chi connectivity index (χ2v) is 5.19. The SMILES string of the molecule is CN1CCN(C(=O)Nc2ccc(Cl)cc2Cl)CC1. The lowest BCUT2D eigenvalue weighted by molar-refractivity contribution is 0.164. The predicted molar refractivity (Wildman–Crippen MR) is 74.6 cm³/mol. The molecule has 0 radical (unpaired) electrons. The monoisotopic (exact) mass is 287 g/mol. The fourth-order valence-corrected chi connectivity index (χ4v) is 2.25. The van der Waals surface area contributed by atoms with E-state index >= 15 is 0 Å². The highest BCUT2D eigenvalue weighted by Crippen LogP contribution is 2.25. The largest absolute Gasteiger partial charge is 0.322 e. The molecule has 1 aromatic rings. The van der Waals surface area contributed by atoms with Crippen molar-refractivity contribution in [3.05, 3.63) is 28.2 Å². The minimum absolute atomic E-state index is 0.118. The van der Waals surface area contributed by atoms with E-state index in [-0.39, 0.29) is 6.03 Å². The first-order valence-corrected chi connectivity index (χ1v) is 6.51. The van der Waals surface area contributed by atoms with Gasteiger partial charge in [0.2, 0.25) is 0 Å². The zero-order valence-electron chi connectivity index (χ0n) is 10.1. The van der Waals surface area contributed by atoms with Gasteiger partial charge in [-0.05, 0) is 25.2 Å². The molecule has 1 saturated heterocycles. The molecule has 0 spiro atoms. The molecule has 0 unspecified atom stereocenters. The Morgan fingerprint density at radius 1 is 1.22 bits per heavy atom. The molecule has 6 heteroatoms. The van der Waals surface area contributed by atoms with E-state index < -0.39 is 0 Å². The lowest BCUT2D eigenvalue weighted by atomic mass is 10.3. The van der Waals surface area contributed by atoms with Crippen LogP contribution in [0.15, 0.2) is 18.2 Å². The summed E-state index contributed by atoms with van der Waals surface area (Å²) in [6.07, 6.45) is 0. The highest BCUT2D eigenvalue weighted by atomic mass is 35.5. The zero-order valence-corrected chi connectivity index (χ0v) is 11.6. The molecule has 0 aromatic heterocycles. The number of halogens is 2. The number of hydrogen-bond donors (Lipinski definition) is 1. The highest BCUT2D eigenvalue weighted by molar-refractivity contribution is 6.36. The fourth-order valence-electron chi connectivity index (χ4n) is 1.79. The van der Waals surface area contributed by atoms with Gasteiger partial charge in [-0.25, -0.2) is 4.79 Å².